The van der Waals surface area contributed by atoms with Gasteiger partial charge in [0.05, 0.1) is 13.2 Å². The molecule has 0 bridgehead atoms. The van der Waals surface area contributed by atoms with E-state index in [1.807, 2.05) is 0 Å². The summed E-state index contributed by atoms with van der Waals surface area (Å²) in [6.07, 6.45) is -0.954. The first-order chi connectivity index (χ1) is 4.54. The van der Waals surface area contributed by atoms with Crippen LogP contribution in [0.4, 0.5) is 0 Å². The first-order valence-corrected chi connectivity index (χ1v) is 2.63. The minimum atomic E-state index is -0.954. The SMILES string of the molecule is CC(=O)O.OCC(O)CO.[F-].[Na+]. The summed E-state index contributed by atoms with van der Waals surface area (Å²) in [5.41, 5.74) is 0. The van der Waals surface area contributed by atoms with Gasteiger partial charge in [0.25, 0.3) is 5.97 Å². The van der Waals surface area contributed by atoms with Crippen LogP contribution in [0.2, 0.25) is 0 Å². The Bertz CT molecular complexity index is 83.9. The quantitative estimate of drug-likeness (QED) is 0.327. The van der Waals surface area contributed by atoms with Crippen LogP contribution in [0.15, 0.2) is 0 Å². The fourth-order valence-corrected chi connectivity index (χ4v) is 0.0577. The zero-order valence-electron chi connectivity index (χ0n) is 7.07. The van der Waals surface area contributed by atoms with Gasteiger partial charge in [-0.3, -0.25) is 4.79 Å². The van der Waals surface area contributed by atoms with Crippen LogP contribution in [0, 0.1) is 0 Å². The third kappa shape index (κ3) is 48.3. The Labute approximate surface area is 91.7 Å². The Morgan fingerprint density at radius 2 is 1.50 bits per heavy atom. The number of rotatable bonds is 2. The second-order valence-electron chi connectivity index (χ2n) is 1.54. The normalized spacial score (nSPS) is 7.08. The summed E-state index contributed by atoms with van der Waals surface area (Å²) >= 11 is 0. The van der Waals surface area contributed by atoms with Crippen LogP contribution in [-0.4, -0.2) is 45.7 Å². The van der Waals surface area contributed by atoms with E-state index in [1.54, 1.807) is 0 Å². The molecule has 0 atom stereocenters. The molecule has 0 spiro atoms. The molecule has 0 radical (unpaired) electrons. The Morgan fingerprint density at radius 1 is 1.33 bits per heavy atom. The first kappa shape index (κ1) is 22.8. The maximum absolute atomic E-state index is 9.00. The van der Waals surface area contributed by atoms with Gasteiger partial charge in [0.1, 0.15) is 6.10 Å². The van der Waals surface area contributed by atoms with Crippen molar-refractivity contribution in [1.82, 2.24) is 0 Å². The summed E-state index contributed by atoms with van der Waals surface area (Å²) in [6, 6.07) is 0. The molecule has 0 amide bonds. The predicted molar refractivity (Wildman–Crippen MR) is 33.5 cm³/mol. The van der Waals surface area contributed by atoms with Crippen molar-refractivity contribution in [3.05, 3.63) is 0 Å². The van der Waals surface area contributed by atoms with Gasteiger partial charge >= 0.3 is 29.6 Å². The summed E-state index contributed by atoms with van der Waals surface area (Å²) in [5.74, 6) is -0.833. The van der Waals surface area contributed by atoms with Crippen molar-refractivity contribution in [3.63, 3.8) is 0 Å². The molecule has 0 unspecified atom stereocenters. The van der Waals surface area contributed by atoms with Gasteiger partial charge in [-0.1, -0.05) is 0 Å². The molecule has 7 heteroatoms. The number of carboxylic acid groups (broad SMARTS) is 1. The molecule has 0 heterocycles. The number of halogens is 1. The summed E-state index contributed by atoms with van der Waals surface area (Å²) in [6.45, 7) is 0.354. The molecule has 70 valence electrons. The van der Waals surface area contributed by atoms with Gasteiger partial charge in [-0.2, -0.15) is 0 Å². The number of carboxylic acids is 1. The Morgan fingerprint density at radius 3 is 1.50 bits per heavy atom. The van der Waals surface area contributed by atoms with E-state index in [0.717, 1.165) is 6.92 Å². The van der Waals surface area contributed by atoms with E-state index in [2.05, 4.69) is 0 Å². The molecule has 0 aromatic heterocycles. The van der Waals surface area contributed by atoms with Gasteiger partial charge in [-0.25, -0.2) is 0 Å². The molecule has 5 nitrogen and oxygen atoms in total. The molecule has 0 aromatic rings. The average molecular weight is 194 g/mol. The maximum Gasteiger partial charge on any atom is 1.00 e. The average Bonchev–Trinajstić information content (AvgIpc) is 1.85. The van der Waals surface area contributed by atoms with Crippen LogP contribution in [0.1, 0.15) is 6.92 Å². The van der Waals surface area contributed by atoms with Crippen molar-refractivity contribution in [2.24, 2.45) is 0 Å². The third-order valence-electron chi connectivity index (χ3n) is 0.421. The van der Waals surface area contributed by atoms with Gasteiger partial charge in [0, 0.05) is 6.92 Å². The minimum Gasteiger partial charge on any atom is -1.00 e. The van der Waals surface area contributed by atoms with E-state index in [1.165, 1.54) is 0 Å². The van der Waals surface area contributed by atoms with E-state index in [9.17, 15) is 0 Å². The van der Waals surface area contributed by atoms with Gasteiger partial charge in [-0.15, -0.1) is 0 Å². The molecule has 0 aliphatic rings. The number of aliphatic hydroxyl groups is 3. The van der Waals surface area contributed by atoms with Crippen LogP contribution in [-0.2, 0) is 4.79 Å². The molecule has 0 saturated carbocycles. The summed E-state index contributed by atoms with van der Waals surface area (Å²) in [5, 5.41) is 31.4. The smallest absolute Gasteiger partial charge is 1.00 e. The number of hydrogen-bond acceptors (Lipinski definition) is 4. The van der Waals surface area contributed by atoms with Crippen LogP contribution in [0.3, 0.4) is 0 Å². The number of hydrogen-bond donors (Lipinski definition) is 4. The largest absolute Gasteiger partial charge is 1.00 e. The fraction of sp³-hybridized carbons (Fsp3) is 0.800. The van der Waals surface area contributed by atoms with E-state index in [4.69, 9.17) is 25.2 Å². The molecule has 0 fully saturated rings. The van der Waals surface area contributed by atoms with Gasteiger partial charge < -0.3 is 25.1 Å². The van der Waals surface area contributed by atoms with Gasteiger partial charge in [0.15, 0.2) is 0 Å². The third-order valence-corrected chi connectivity index (χ3v) is 0.421. The molecule has 0 rings (SSSR count). The van der Waals surface area contributed by atoms with Crippen LogP contribution in [0.5, 0.6) is 0 Å². The topological polar surface area (TPSA) is 98.0 Å². The Balaban J connectivity index is -0.0000000483. The number of aliphatic hydroxyl groups excluding tert-OH is 3. The molecule has 0 aliphatic heterocycles. The van der Waals surface area contributed by atoms with Crippen LogP contribution < -0.4 is 34.3 Å². The predicted octanol–water partition coefficient (Wildman–Crippen LogP) is -7.57. The van der Waals surface area contributed by atoms with Crippen molar-refractivity contribution in [2.75, 3.05) is 13.2 Å². The van der Waals surface area contributed by atoms with Gasteiger partial charge in [-0.05, 0) is 0 Å². The first-order valence-electron chi connectivity index (χ1n) is 2.63. The Kier molecular flexibility index (Phi) is 33.0. The molecule has 0 aromatic carbocycles. The summed E-state index contributed by atoms with van der Waals surface area (Å²) in [7, 11) is 0. The van der Waals surface area contributed by atoms with Crippen molar-refractivity contribution >= 4 is 5.97 Å². The van der Waals surface area contributed by atoms with Crippen molar-refractivity contribution in [1.29, 1.82) is 0 Å². The van der Waals surface area contributed by atoms with E-state index >= 15 is 0 Å². The molecule has 12 heavy (non-hydrogen) atoms. The van der Waals surface area contributed by atoms with Crippen molar-refractivity contribution in [3.8, 4) is 0 Å². The molecular formula is C5H12FNaO5. The van der Waals surface area contributed by atoms with Crippen LogP contribution in [0.25, 0.3) is 0 Å². The van der Waals surface area contributed by atoms with Gasteiger partial charge in [0.2, 0.25) is 0 Å². The van der Waals surface area contributed by atoms with Crippen molar-refractivity contribution < 1.29 is 59.5 Å². The minimum absolute atomic E-state index is 0. The summed E-state index contributed by atoms with van der Waals surface area (Å²) in [4.78, 5) is 9.00. The van der Waals surface area contributed by atoms with E-state index < -0.39 is 12.1 Å². The van der Waals surface area contributed by atoms with Crippen molar-refractivity contribution in [2.45, 2.75) is 13.0 Å². The number of carbonyl (C=O) groups is 1. The molecule has 4 N–H and O–H groups in total. The maximum atomic E-state index is 9.00. The van der Waals surface area contributed by atoms with E-state index in [-0.39, 0.29) is 47.5 Å². The second kappa shape index (κ2) is 17.4. The zero-order valence-corrected chi connectivity index (χ0v) is 9.07. The fourth-order valence-electron chi connectivity index (χ4n) is 0.0577. The second-order valence-corrected chi connectivity index (χ2v) is 1.54. The zero-order chi connectivity index (χ0) is 8.57. The monoisotopic (exact) mass is 194 g/mol. The molecule has 0 saturated heterocycles. The standard InChI is InChI=1S/C3H8O3.C2H4O2.FH.Na/c4-1-3(6)2-5;1-2(3)4;;/h3-6H,1-2H2;1H3,(H,3,4);1H;/q;;;+1/p-1. The number of aliphatic carboxylic acids is 1. The van der Waals surface area contributed by atoms with Crippen LogP contribution >= 0.6 is 0 Å². The summed E-state index contributed by atoms with van der Waals surface area (Å²) < 4.78 is 0. The molecule has 0 aliphatic carbocycles. The Hall–Kier alpha value is 0.280. The van der Waals surface area contributed by atoms with E-state index in [0.29, 0.717) is 0 Å². The molecular weight excluding hydrogens is 182 g/mol.